The molecule has 3 fully saturated rings. The average Bonchev–Trinajstić information content (AvgIpc) is 2.98. The van der Waals surface area contributed by atoms with Crippen LogP contribution in [0.1, 0.15) is 78.6 Å². The summed E-state index contributed by atoms with van der Waals surface area (Å²) in [6.45, 7) is 7.06. The van der Waals surface area contributed by atoms with Gasteiger partial charge in [-0.2, -0.15) is 0 Å². The van der Waals surface area contributed by atoms with E-state index in [1.807, 2.05) is 0 Å². The Morgan fingerprint density at radius 3 is 2.61 bits per heavy atom. The minimum absolute atomic E-state index is 0.136. The van der Waals surface area contributed by atoms with Crippen LogP contribution in [0.5, 0.6) is 0 Å². The Hall–Kier alpha value is -0.870. The Kier molecular flexibility index (Phi) is 5.19. The molecule has 0 radical (unpaired) electrons. The smallest absolute Gasteiger partial charge is 0.303 e. The summed E-state index contributed by atoms with van der Waals surface area (Å²) in [5.74, 6) is 1.66. The molecule has 158 valence electrons. The van der Waals surface area contributed by atoms with Crippen molar-refractivity contribution in [3.63, 3.8) is 0 Å². The van der Waals surface area contributed by atoms with Crippen LogP contribution >= 0.6 is 0 Å². The summed E-state index contributed by atoms with van der Waals surface area (Å²) >= 11 is 0. The zero-order valence-corrected chi connectivity index (χ0v) is 17.7. The molecular weight excluding hydrogens is 352 g/mol. The predicted octanol–water partition coefficient (Wildman–Crippen LogP) is 4.40. The monoisotopic (exact) mass is 390 g/mol. The molecular formula is C24H38O4. The van der Waals surface area contributed by atoms with Crippen LogP contribution in [-0.2, 0) is 4.79 Å². The number of carboxylic acids is 1. The lowest BCUT2D eigenvalue weighted by Gasteiger charge is -2.59. The lowest BCUT2D eigenvalue weighted by Crippen LogP contribution is -2.54. The fourth-order valence-electron chi connectivity index (χ4n) is 8.16. The van der Waals surface area contributed by atoms with Gasteiger partial charge in [0.25, 0.3) is 0 Å². The molecule has 4 aliphatic rings. The van der Waals surface area contributed by atoms with E-state index in [9.17, 15) is 15.0 Å². The van der Waals surface area contributed by atoms with E-state index in [1.165, 1.54) is 24.8 Å². The van der Waals surface area contributed by atoms with Gasteiger partial charge in [0.2, 0.25) is 0 Å². The highest BCUT2D eigenvalue weighted by atomic mass is 16.4. The number of carboxylic acid groups (broad SMARTS) is 1. The Balaban J connectivity index is 1.59. The van der Waals surface area contributed by atoms with Crippen LogP contribution in [0.25, 0.3) is 0 Å². The van der Waals surface area contributed by atoms with Gasteiger partial charge < -0.3 is 15.3 Å². The molecule has 0 heterocycles. The first-order valence-corrected chi connectivity index (χ1v) is 11.5. The molecule has 4 heteroatoms. The first kappa shape index (κ1) is 20.4. The van der Waals surface area contributed by atoms with E-state index in [4.69, 9.17) is 5.11 Å². The molecule has 0 aliphatic heterocycles. The van der Waals surface area contributed by atoms with Gasteiger partial charge in [0.05, 0.1) is 12.2 Å². The number of aliphatic hydroxyl groups excluding tert-OH is 2. The van der Waals surface area contributed by atoms with Gasteiger partial charge in [0, 0.05) is 6.42 Å². The molecule has 4 rings (SSSR count). The van der Waals surface area contributed by atoms with Gasteiger partial charge in [-0.05, 0) is 91.8 Å². The van der Waals surface area contributed by atoms with Crippen LogP contribution in [-0.4, -0.2) is 33.5 Å². The quantitative estimate of drug-likeness (QED) is 0.622. The van der Waals surface area contributed by atoms with Crippen molar-refractivity contribution in [1.29, 1.82) is 0 Å². The Morgan fingerprint density at radius 1 is 1.14 bits per heavy atom. The highest BCUT2D eigenvalue weighted by molar-refractivity contribution is 5.66. The van der Waals surface area contributed by atoms with Crippen molar-refractivity contribution in [2.45, 2.75) is 90.8 Å². The SMILES string of the molecule is C[C@H](CCC(=O)O)[C@H]1CC[C@H]2[C@@H]3[C@H](O)C=C4C[C@@H](O)CC[C@]4(C)[C@H]3CC[C@]12C. The maximum Gasteiger partial charge on any atom is 0.303 e. The zero-order valence-electron chi connectivity index (χ0n) is 17.7. The summed E-state index contributed by atoms with van der Waals surface area (Å²) < 4.78 is 0. The maximum absolute atomic E-state index is 11.2. The normalized spacial score (nSPS) is 48.8. The van der Waals surface area contributed by atoms with Crippen LogP contribution in [0, 0.1) is 40.4 Å². The van der Waals surface area contributed by atoms with Crippen LogP contribution in [0.3, 0.4) is 0 Å². The number of rotatable bonds is 4. The van der Waals surface area contributed by atoms with E-state index in [2.05, 4.69) is 26.8 Å². The largest absolute Gasteiger partial charge is 0.481 e. The molecule has 3 N–H and O–H groups in total. The Bertz CT molecular complexity index is 657. The van der Waals surface area contributed by atoms with E-state index in [0.29, 0.717) is 29.6 Å². The highest BCUT2D eigenvalue weighted by Gasteiger charge is 2.61. The van der Waals surface area contributed by atoms with Crippen molar-refractivity contribution in [3.8, 4) is 0 Å². The first-order chi connectivity index (χ1) is 13.2. The summed E-state index contributed by atoms with van der Waals surface area (Å²) in [6.07, 6.45) is 9.82. The van der Waals surface area contributed by atoms with E-state index in [0.717, 1.165) is 32.1 Å². The average molecular weight is 391 g/mol. The Labute approximate surface area is 169 Å². The van der Waals surface area contributed by atoms with Gasteiger partial charge in [-0.25, -0.2) is 0 Å². The molecule has 0 bridgehead atoms. The minimum atomic E-state index is -0.692. The predicted molar refractivity (Wildman–Crippen MR) is 109 cm³/mol. The molecule has 28 heavy (non-hydrogen) atoms. The van der Waals surface area contributed by atoms with Crippen molar-refractivity contribution < 1.29 is 20.1 Å². The van der Waals surface area contributed by atoms with Gasteiger partial charge in [0.1, 0.15) is 0 Å². The van der Waals surface area contributed by atoms with Gasteiger partial charge in [-0.15, -0.1) is 0 Å². The van der Waals surface area contributed by atoms with Crippen LogP contribution in [0.4, 0.5) is 0 Å². The molecule has 0 saturated heterocycles. The molecule has 0 aromatic heterocycles. The molecule has 0 amide bonds. The van der Waals surface area contributed by atoms with E-state index in [1.54, 1.807) is 0 Å². The van der Waals surface area contributed by atoms with E-state index in [-0.39, 0.29) is 23.4 Å². The third-order valence-corrected chi connectivity index (χ3v) is 9.68. The maximum atomic E-state index is 11.2. The fourth-order valence-corrected chi connectivity index (χ4v) is 8.16. The van der Waals surface area contributed by atoms with Crippen molar-refractivity contribution in [3.05, 3.63) is 11.6 Å². The minimum Gasteiger partial charge on any atom is -0.481 e. The van der Waals surface area contributed by atoms with Gasteiger partial charge in [-0.3, -0.25) is 4.79 Å². The second-order valence-corrected chi connectivity index (χ2v) is 10.9. The van der Waals surface area contributed by atoms with E-state index >= 15 is 0 Å². The lowest BCUT2D eigenvalue weighted by molar-refractivity contribution is -0.137. The number of carbonyl (C=O) groups is 1. The van der Waals surface area contributed by atoms with Crippen LogP contribution < -0.4 is 0 Å². The van der Waals surface area contributed by atoms with Crippen LogP contribution in [0.2, 0.25) is 0 Å². The van der Waals surface area contributed by atoms with Gasteiger partial charge in [0.15, 0.2) is 0 Å². The summed E-state index contributed by atoms with van der Waals surface area (Å²) in [6, 6.07) is 0. The number of hydrogen-bond acceptors (Lipinski definition) is 3. The number of fused-ring (bicyclic) bond motifs is 5. The lowest BCUT2D eigenvalue weighted by atomic mass is 9.46. The molecule has 4 nitrogen and oxygen atoms in total. The fraction of sp³-hybridized carbons (Fsp3) is 0.875. The van der Waals surface area contributed by atoms with Crippen molar-refractivity contribution in [2.75, 3.05) is 0 Å². The van der Waals surface area contributed by atoms with Crippen molar-refractivity contribution in [2.24, 2.45) is 40.4 Å². The van der Waals surface area contributed by atoms with Crippen LogP contribution in [0.15, 0.2) is 11.6 Å². The summed E-state index contributed by atoms with van der Waals surface area (Å²) in [7, 11) is 0. The summed E-state index contributed by atoms with van der Waals surface area (Å²) in [5, 5.41) is 30.4. The highest BCUT2D eigenvalue weighted by Crippen LogP contribution is 2.67. The second kappa shape index (κ2) is 7.12. The summed E-state index contributed by atoms with van der Waals surface area (Å²) in [5.41, 5.74) is 1.65. The standard InChI is InChI=1S/C24H38O4/c1-14(4-7-21(27)28)17-5-6-18-22-19(9-11-24(17,18)3)23(2)10-8-16(25)12-15(23)13-20(22)26/h13-14,16-20,22,25-26H,4-12H2,1-3H3,(H,27,28)/t14-,16+,17-,18+,19+,20-,22+,23+,24-/m1/s1. The molecule has 0 aromatic carbocycles. The Morgan fingerprint density at radius 2 is 1.89 bits per heavy atom. The molecule has 0 unspecified atom stereocenters. The topological polar surface area (TPSA) is 77.8 Å². The number of aliphatic carboxylic acids is 1. The van der Waals surface area contributed by atoms with Gasteiger partial charge >= 0.3 is 5.97 Å². The third kappa shape index (κ3) is 3.06. The molecule has 3 saturated carbocycles. The first-order valence-electron chi connectivity index (χ1n) is 11.5. The van der Waals surface area contributed by atoms with Crippen molar-refractivity contribution >= 4 is 5.97 Å². The molecule has 0 spiro atoms. The molecule has 0 aromatic rings. The number of hydrogen-bond donors (Lipinski definition) is 3. The molecule has 4 aliphatic carbocycles. The summed E-state index contributed by atoms with van der Waals surface area (Å²) in [4.78, 5) is 11.0. The third-order valence-electron chi connectivity index (χ3n) is 9.68. The molecule has 9 atom stereocenters. The number of aliphatic hydroxyl groups is 2. The zero-order chi connectivity index (χ0) is 20.3. The van der Waals surface area contributed by atoms with Crippen molar-refractivity contribution in [1.82, 2.24) is 0 Å². The van der Waals surface area contributed by atoms with E-state index < -0.39 is 12.1 Å². The second-order valence-electron chi connectivity index (χ2n) is 10.9. The van der Waals surface area contributed by atoms with Gasteiger partial charge in [-0.1, -0.05) is 32.4 Å².